The van der Waals surface area contributed by atoms with Gasteiger partial charge in [0.15, 0.2) is 11.6 Å². The lowest BCUT2D eigenvalue weighted by atomic mass is 9.93. The van der Waals surface area contributed by atoms with Crippen molar-refractivity contribution in [2.75, 3.05) is 36.4 Å². The Morgan fingerprint density at radius 2 is 2.22 bits per heavy atom. The number of aromatic nitrogens is 2. The highest BCUT2D eigenvalue weighted by molar-refractivity contribution is 6.30. The number of β-amino-alcohol motifs (C(OH)–C–C–N with tert-alkyl or cyclic N) is 1. The second kappa shape index (κ2) is 10.9. The summed E-state index contributed by atoms with van der Waals surface area (Å²) in [6.45, 7) is 5.86. The Morgan fingerprint density at radius 1 is 1.44 bits per heavy atom. The first-order chi connectivity index (χ1) is 15.2. The van der Waals surface area contributed by atoms with Gasteiger partial charge in [-0.25, -0.2) is 9.97 Å². The van der Waals surface area contributed by atoms with Crippen molar-refractivity contribution >= 4 is 29.1 Å². The van der Waals surface area contributed by atoms with Crippen molar-refractivity contribution in [3.05, 3.63) is 47.0 Å². The fraction of sp³-hybridized carbons (Fsp3) is 0.500. The van der Waals surface area contributed by atoms with Crippen LogP contribution in [0.1, 0.15) is 25.8 Å². The number of nitrogens with one attached hydrogen (secondary N) is 1. The number of rotatable bonds is 9. The molecule has 0 unspecified atom stereocenters. The molecule has 1 amide bonds. The summed E-state index contributed by atoms with van der Waals surface area (Å²) in [7, 11) is 0. The molecule has 0 aliphatic carbocycles. The van der Waals surface area contributed by atoms with Crippen LogP contribution >= 0.6 is 11.6 Å². The molecule has 1 aliphatic rings. The number of piperidine rings is 1. The van der Waals surface area contributed by atoms with E-state index in [9.17, 15) is 9.90 Å². The predicted molar refractivity (Wildman–Crippen MR) is 123 cm³/mol. The Hall–Kier alpha value is -2.49. The highest BCUT2D eigenvalue weighted by Gasteiger charge is 2.29. The maximum absolute atomic E-state index is 15.3. The Morgan fingerprint density at radius 3 is 2.88 bits per heavy atom. The molecule has 1 saturated heterocycles. The zero-order valence-electron chi connectivity index (χ0n) is 18.3. The van der Waals surface area contributed by atoms with Crippen molar-refractivity contribution in [1.29, 1.82) is 0 Å². The van der Waals surface area contributed by atoms with Crippen LogP contribution in [0.2, 0.25) is 5.02 Å². The number of nitrogens with zero attached hydrogens (tertiary/aromatic N) is 4. The maximum Gasteiger partial charge on any atom is 0.231 e. The van der Waals surface area contributed by atoms with Crippen LogP contribution in [0.4, 0.5) is 16.0 Å². The number of nitrogens with two attached hydrogens (primary N) is 1. The topological polar surface area (TPSA) is 108 Å². The monoisotopic (exact) mass is 464 g/mol. The van der Waals surface area contributed by atoms with E-state index in [1.54, 1.807) is 6.07 Å². The first-order valence-corrected chi connectivity index (χ1v) is 11.1. The zero-order chi connectivity index (χ0) is 23.3. The molecule has 1 aromatic carbocycles. The third-order valence-corrected chi connectivity index (χ3v) is 5.86. The number of anilines is 2. The molecule has 8 nitrogen and oxygen atoms in total. The van der Waals surface area contributed by atoms with Gasteiger partial charge >= 0.3 is 0 Å². The Labute approximate surface area is 192 Å². The molecule has 4 N–H and O–H groups in total. The zero-order valence-corrected chi connectivity index (χ0v) is 19.1. The average molecular weight is 465 g/mol. The molecular weight excluding hydrogens is 435 g/mol. The minimum Gasteiger partial charge on any atom is -0.391 e. The van der Waals surface area contributed by atoms with Crippen molar-refractivity contribution in [2.45, 2.75) is 39.0 Å². The van der Waals surface area contributed by atoms with Gasteiger partial charge in [-0.05, 0) is 44.5 Å². The summed E-state index contributed by atoms with van der Waals surface area (Å²) in [4.78, 5) is 23.0. The smallest absolute Gasteiger partial charge is 0.231 e. The molecule has 32 heavy (non-hydrogen) atoms. The third-order valence-electron chi connectivity index (χ3n) is 5.63. The number of aliphatic hydroxyl groups is 1. The summed E-state index contributed by atoms with van der Waals surface area (Å²) in [5.41, 5.74) is 6.18. The van der Waals surface area contributed by atoms with Crippen molar-refractivity contribution in [3.63, 3.8) is 0 Å². The van der Waals surface area contributed by atoms with E-state index in [1.807, 2.05) is 41.8 Å². The van der Waals surface area contributed by atoms with Gasteiger partial charge in [-0.1, -0.05) is 23.7 Å². The molecule has 10 heteroatoms. The number of halogens is 2. The van der Waals surface area contributed by atoms with Gasteiger partial charge in [-0.15, -0.1) is 0 Å². The van der Waals surface area contributed by atoms with Crippen molar-refractivity contribution in [2.24, 2.45) is 11.7 Å². The fourth-order valence-electron chi connectivity index (χ4n) is 3.89. The maximum atomic E-state index is 15.3. The minimum atomic E-state index is -0.644. The van der Waals surface area contributed by atoms with E-state index >= 15 is 4.39 Å². The predicted octanol–water partition coefficient (Wildman–Crippen LogP) is 2.26. The van der Waals surface area contributed by atoms with Gasteiger partial charge in [0.25, 0.3) is 0 Å². The molecule has 0 saturated carbocycles. The van der Waals surface area contributed by atoms with E-state index in [0.29, 0.717) is 37.6 Å². The Balaban J connectivity index is 1.68. The molecule has 1 aliphatic heterocycles. The first-order valence-electron chi connectivity index (χ1n) is 10.7. The van der Waals surface area contributed by atoms with Crippen LogP contribution in [0.15, 0.2) is 30.6 Å². The summed E-state index contributed by atoms with van der Waals surface area (Å²) in [5, 5.41) is 14.1. The molecule has 174 valence electrons. The lowest BCUT2D eigenvalue weighted by Gasteiger charge is -2.35. The molecule has 0 radical (unpaired) electrons. The van der Waals surface area contributed by atoms with Gasteiger partial charge in [0, 0.05) is 36.6 Å². The van der Waals surface area contributed by atoms with Crippen LogP contribution in [0.3, 0.4) is 0 Å². The minimum absolute atomic E-state index is 0.0114. The van der Waals surface area contributed by atoms with E-state index in [0.717, 1.165) is 5.56 Å². The van der Waals surface area contributed by atoms with Gasteiger partial charge in [-0.3, -0.25) is 9.69 Å². The highest BCUT2D eigenvalue weighted by atomic mass is 35.5. The lowest BCUT2D eigenvalue weighted by Crippen LogP contribution is -2.48. The number of likely N-dealkylation sites (tertiary alicyclic amines) is 1. The van der Waals surface area contributed by atoms with E-state index < -0.39 is 17.8 Å². The number of hydrogen-bond donors (Lipinski definition) is 3. The van der Waals surface area contributed by atoms with Gasteiger partial charge in [0.2, 0.25) is 11.7 Å². The average Bonchev–Trinajstić information content (AvgIpc) is 2.72. The number of primary amides is 1. The van der Waals surface area contributed by atoms with Gasteiger partial charge in [0.05, 0.1) is 12.6 Å². The summed E-state index contributed by atoms with van der Waals surface area (Å²) in [6.07, 6.45) is 1.35. The summed E-state index contributed by atoms with van der Waals surface area (Å²) < 4.78 is 15.3. The summed E-state index contributed by atoms with van der Waals surface area (Å²) in [5.74, 6) is -0.752. The molecular formula is C22H30ClFN6O2. The van der Waals surface area contributed by atoms with Crippen LogP contribution in [0.5, 0.6) is 0 Å². The van der Waals surface area contributed by atoms with E-state index in [1.165, 1.54) is 6.33 Å². The van der Waals surface area contributed by atoms with Crippen molar-refractivity contribution < 1.29 is 14.3 Å². The van der Waals surface area contributed by atoms with Crippen LogP contribution in [-0.2, 0) is 11.3 Å². The molecule has 1 aromatic heterocycles. The molecule has 2 aromatic rings. The van der Waals surface area contributed by atoms with Crippen molar-refractivity contribution in [3.8, 4) is 0 Å². The fourth-order valence-corrected chi connectivity index (χ4v) is 4.11. The van der Waals surface area contributed by atoms with Gasteiger partial charge < -0.3 is 21.1 Å². The standard InChI is InChI=1S/C22H30ClFN6O2/c1-14(2)30(10-15-4-3-5-17(23)8-15)22-20(24)21(27-13-28-22)26-9-16-6-7-29(11-18(16)31)12-19(25)32/h3-5,8,13-14,16,18,31H,6-7,9-12H2,1-2H3,(H2,25,32)(H,26,27,28)/t16-,18+/m1/s1. The highest BCUT2D eigenvalue weighted by Crippen LogP contribution is 2.26. The first kappa shape index (κ1) is 24.2. The number of hydrogen-bond acceptors (Lipinski definition) is 7. The van der Waals surface area contributed by atoms with E-state index in [-0.39, 0.29) is 30.1 Å². The SMILES string of the molecule is CC(C)N(Cc1cccc(Cl)c1)c1ncnc(NC[C@H]2CCN(CC(N)=O)C[C@@H]2O)c1F. The summed E-state index contributed by atoms with van der Waals surface area (Å²) in [6, 6.07) is 7.43. The second-order valence-electron chi connectivity index (χ2n) is 8.41. The van der Waals surface area contributed by atoms with Gasteiger partial charge in [-0.2, -0.15) is 4.39 Å². The van der Waals surface area contributed by atoms with E-state index in [4.69, 9.17) is 17.3 Å². The third kappa shape index (κ3) is 6.27. The molecule has 2 heterocycles. The van der Waals surface area contributed by atoms with Crippen LogP contribution in [-0.4, -0.2) is 64.2 Å². The molecule has 1 fully saturated rings. The van der Waals surface area contributed by atoms with Crippen molar-refractivity contribution in [1.82, 2.24) is 14.9 Å². The number of aliphatic hydroxyl groups excluding tert-OH is 1. The number of benzene rings is 1. The molecule has 0 spiro atoms. The van der Waals surface area contributed by atoms with Crippen LogP contribution in [0, 0.1) is 11.7 Å². The molecule has 3 rings (SSSR count). The summed E-state index contributed by atoms with van der Waals surface area (Å²) >= 11 is 6.10. The second-order valence-corrected chi connectivity index (χ2v) is 8.85. The van der Waals surface area contributed by atoms with Gasteiger partial charge in [0.1, 0.15) is 6.33 Å². The molecule has 2 atom stereocenters. The Bertz CT molecular complexity index is 931. The largest absolute Gasteiger partial charge is 0.391 e. The normalized spacial score (nSPS) is 19.2. The lowest BCUT2D eigenvalue weighted by molar-refractivity contribution is -0.120. The Kier molecular flexibility index (Phi) is 8.22. The van der Waals surface area contributed by atoms with E-state index in [2.05, 4.69) is 15.3 Å². The van der Waals surface area contributed by atoms with Crippen LogP contribution < -0.4 is 16.0 Å². The number of carbonyl (C=O) groups is 1. The molecule has 0 bridgehead atoms. The van der Waals surface area contributed by atoms with Crippen LogP contribution in [0.25, 0.3) is 0 Å². The number of carbonyl (C=O) groups excluding carboxylic acids is 1. The number of amides is 1. The quantitative estimate of drug-likeness (QED) is 0.522.